The highest BCUT2D eigenvalue weighted by Gasteiger charge is 2.28. The molecule has 3 nitrogen and oxygen atoms in total. The molecule has 3 heteroatoms. The Hall–Kier alpha value is -2.16. The van der Waals surface area contributed by atoms with Crippen LogP contribution in [-0.2, 0) is 4.79 Å². The molecule has 18 heavy (non-hydrogen) atoms. The van der Waals surface area contributed by atoms with Gasteiger partial charge in [-0.25, -0.2) is 0 Å². The maximum absolute atomic E-state index is 12.0. The molecule has 1 heterocycles. The number of nitrogens with zero attached hydrogens (tertiary/aromatic N) is 1. The molecule has 1 aromatic carbocycles. The van der Waals surface area contributed by atoms with Crippen LogP contribution in [0.5, 0.6) is 0 Å². The largest absolute Gasteiger partial charge is 0.320 e. The minimum atomic E-state index is -0.0874. The van der Waals surface area contributed by atoms with Crippen molar-refractivity contribution in [1.29, 1.82) is 0 Å². The number of nitrogens with one attached hydrogen (secondary N) is 1. The van der Waals surface area contributed by atoms with Gasteiger partial charge in [0.05, 0.1) is 11.2 Å². The molecule has 0 unspecified atom stereocenters. The van der Waals surface area contributed by atoms with Crippen molar-refractivity contribution >= 4 is 22.5 Å². The molecule has 0 aliphatic heterocycles. The van der Waals surface area contributed by atoms with E-state index in [0.29, 0.717) is 11.5 Å². The number of para-hydroxylation sites is 1. The third-order valence-electron chi connectivity index (χ3n) is 3.24. The summed E-state index contributed by atoms with van der Waals surface area (Å²) in [4.78, 5) is 16.3. The first-order valence-corrected chi connectivity index (χ1v) is 6.09. The molecule has 0 bridgehead atoms. The summed E-state index contributed by atoms with van der Waals surface area (Å²) in [6.07, 6.45) is 3.90. The quantitative estimate of drug-likeness (QED) is 0.835. The van der Waals surface area contributed by atoms with Gasteiger partial charge in [-0.1, -0.05) is 24.8 Å². The predicted molar refractivity (Wildman–Crippen MR) is 72.2 cm³/mol. The van der Waals surface area contributed by atoms with Crippen LogP contribution >= 0.6 is 0 Å². The van der Waals surface area contributed by atoms with E-state index in [2.05, 4.69) is 16.9 Å². The first-order valence-electron chi connectivity index (χ1n) is 6.09. The molecular weight excluding hydrogens is 224 g/mol. The van der Waals surface area contributed by atoms with Crippen molar-refractivity contribution in [2.75, 3.05) is 5.32 Å². The molecule has 0 saturated heterocycles. The number of hydrogen-bond donors (Lipinski definition) is 1. The summed E-state index contributed by atoms with van der Waals surface area (Å²) in [5.74, 6) is 0.295. The van der Waals surface area contributed by atoms with E-state index in [1.54, 1.807) is 6.20 Å². The normalized spacial score (nSPS) is 14.4. The fourth-order valence-electron chi connectivity index (χ4n) is 2.02. The van der Waals surface area contributed by atoms with Crippen molar-refractivity contribution in [3.8, 4) is 0 Å². The lowest BCUT2D eigenvalue weighted by molar-refractivity contribution is -0.113. The Morgan fingerprint density at radius 3 is 2.83 bits per heavy atom. The lowest BCUT2D eigenvalue weighted by atomic mass is 10.1. The summed E-state index contributed by atoms with van der Waals surface area (Å²) >= 11 is 0. The third-order valence-corrected chi connectivity index (χ3v) is 3.24. The molecular formula is C15H14N2O. The highest BCUT2D eigenvalue weighted by atomic mass is 16.1. The van der Waals surface area contributed by atoms with E-state index in [9.17, 15) is 4.79 Å². The molecule has 1 saturated carbocycles. The van der Waals surface area contributed by atoms with Gasteiger partial charge in [-0.2, -0.15) is 0 Å². The zero-order valence-corrected chi connectivity index (χ0v) is 10.0. The highest BCUT2D eigenvalue weighted by Crippen LogP contribution is 2.36. The average Bonchev–Trinajstić information content (AvgIpc) is 3.22. The van der Waals surface area contributed by atoms with Gasteiger partial charge in [-0.05, 0) is 30.9 Å². The molecule has 90 valence electrons. The number of benzene rings is 1. The Morgan fingerprint density at radius 2 is 2.06 bits per heavy atom. The second-order valence-electron chi connectivity index (χ2n) is 4.63. The molecule has 1 N–H and O–H groups in total. The monoisotopic (exact) mass is 238 g/mol. The molecule has 0 radical (unpaired) electrons. The number of pyridine rings is 1. The van der Waals surface area contributed by atoms with E-state index >= 15 is 0 Å². The van der Waals surface area contributed by atoms with Gasteiger partial charge in [0.2, 0.25) is 0 Å². The molecule has 0 spiro atoms. The summed E-state index contributed by atoms with van der Waals surface area (Å²) in [6.45, 7) is 3.86. The molecule has 1 aliphatic rings. The van der Waals surface area contributed by atoms with Crippen LogP contribution in [0.3, 0.4) is 0 Å². The van der Waals surface area contributed by atoms with Crippen LogP contribution in [-0.4, -0.2) is 10.9 Å². The van der Waals surface area contributed by atoms with Gasteiger partial charge in [-0.3, -0.25) is 9.78 Å². The molecule has 2 aromatic rings. The van der Waals surface area contributed by atoms with Gasteiger partial charge in [0, 0.05) is 17.2 Å². The second-order valence-corrected chi connectivity index (χ2v) is 4.63. The zero-order valence-electron chi connectivity index (χ0n) is 10.0. The van der Waals surface area contributed by atoms with E-state index in [4.69, 9.17) is 0 Å². The SMILES string of the molecule is C=C(C(=O)Nc1cccc2cccnc12)C1CC1. The van der Waals surface area contributed by atoms with Crippen LogP contribution in [0, 0.1) is 5.92 Å². The molecule has 1 aromatic heterocycles. The Labute approximate surface area is 106 Å². The number of hydrogen-bond acceptors (Lipinski definition) is 2. The van der Waals surface area contributed by atoms with Crippen LogP contribution in [0.1, 0.15) is 12.8 Å². The van der Waals surface area contributed by atoms with Crippen molar-refractivity contribution in [3.05, 3.63) is 48.7 Å². The van der Waals surface area contributed by atoms with Gasteiger partial charge in [0.15, 0.2) is 0 Å². The van der Waals surface area contributed by atoms with Crippen LogP contribution in [0.2, 0.25) is 0 Å². The fourth-order valence-corrected chi connectivity index (χ4v) is 2.02. The fraction of sp³-hybridized carbons (Fsp3) is 0.200. The summed E-state index contributed by atoms with van der Waals surface area (Å²) in [5, 5.41) is 3.93. The van der Waals surface area contributed by atoms with Crippen molar-refractivity contribution in [2.24, 2.45) is 5.92 Å². The Kier molecular flexibility index (Phi) is 2.59. The number of carbonyl (C=O) groups is 1. The number of amides is 1. The highest BCUT2D eigenvalue weighted by molar-refractivity contribution is 6.08. The predicted octanol–water partition coefficient (Wildman–Crippen LogP) is 3.14. The molecule has 1 fully saturated rings. The third kappa shape index (κ3) is 1.99. The van der Waals surface area contributed by atoms with Crippen molar-refractivity contribution in [2.45, 2.75) is 12.8 Å². The summed E-state index contributed by atoms with van der Waals surface area (Å²) < 4.78 is 0. The topological polar surface area (TPSA) is 42.0 Å². The first kappa shape index (κ1) is 11.0. The number of aromatic nitrogens is 1. The summed E-state index contributed by atoms with van der Waals surface area (Å²) in [7, 11) is 0. The van der Waals surface area contributed by atoms with E-state index in [1.165, 1.54) is 0 Å². The molecule has 1 aliphatic carbocycles. The number of rotatable bonds is 3. The average molecular weight is 238 g/mol. The van der Waals surface area contributed by atoms with Crippen molar-refractivity contribution < 1.29 is 4.79 Å². The summed E-state index contributed by atoms with van der Waals surface area (Å²) in [6, 6.07) is 9.63. The lowest BCUT2D eigenvalue weighted by Gasteiger charge is -2.08. The van der Waals surface area contributed by atoms with Gasteiger partial charge < -0.3 is 5.32 Å². The van der Waals surface area contributed by atoms with Crippen LogP contribution in [0.25, 0.3) is 10.9 Å². The maximum atomic E-state index is 12.0. The maximum Gasteiger partial charge on any atom is 0.251 e. The van der Waals surface area contributed by atoms with E-state index in [-0.39, 0.29) is 5.91 Å². The van der Waals surface area contributed by atoms with Crippen LogP contribution in [0.15, 0.2) is 48.7 Å². The van der Waals surface area contributed by atoms with Gasteiger partial charge >= 0.3 is 0 Å². The van der Waals surface area contributed by atoms with Crippen molar-refractivity contribution in [1.82, 2.24) is 4.98 Å². The molecule has 0 atom stereocenters. The zero-order chi connectivity index (χ0) is 12.5. The smallest absolute Gasteiger partial charge is 0.251 e. The summed E-state index contributed by atoms with van der Waals surface area (Å²) in [5.41, 5.74) is 2.25. The standard InChI is InChI=1S/C15H14N2O/c1-10(11-7-8-11)15(18)17-13-6-2-4-12-5-3-9-16-14(12)13/h2-6,9,11H,1,7-8H2,(H,17,18). The lowest BCUT2D eigenvalue weighted by Crippen LogP contribution is -2.15. The molecule has 3 rings (SSSR count). The second kappa shape index (κ2) is 4.26. The van der Waals surface area contributed by atoms with E-state index in [0.717, 1.165) is 29.4 Å². The Balaban J connectivity index is 1.90. The van der Waals surface area contributed by atoms with Gasteiger partial charge in [-0.15, -0.1) is 0 Å². The first-order chi connectivity index (χ1) is 8.75. The van der Waals surface area contributed by atoms with Gasteiger partial charge in [0.25, 0.3) is 5.91 Å². The van der Waals surface area contributed by atoms with Crippen molar-refractivity contribution in [3.63, 3.8) is 0 Å². The van der Waals surface area contributed by atoms with E-state index < -0.39 is 0 Å². The van der Waals surface area contributed by atoms with Crippen LogP contribution in [0.4, 0.5) is 5.69 Å². The Morgan fingerprint density at radius 1 is 1.28 bits per heavy atom. The van der Waals surface area contributed by atoms with E-state index in [1.807, 2.05) is 30.3 Å². The minimum Gasteiger partial charge on any atom is -0.320 e. The van der Waals surface area contributed by atoms with Crippen LogP contribution < -0.4 is 5.32 Å². The molecule has 1 amide bonds. The Bertz CT molecular complexity index is 624. The number of fused-ring (bicyclic) bond motifs is 1. The van der Waals surface area contributed by atoms with Gasteiger partial charge in [0.1, 0.15) is 0 Å². The number of anilines is 1. The number of carbonyl (C=O) groups excluding carboxylic acids is 1. The minimum absolute atomic E-state index is 0.0874.